The van der Waals surface area contributed by atoms with Gasteiger partial charge in [-0.05, 0) is 37.7 Å². The largest absolute Gasteiger partial charge is 0.303 e. The molecule has 1 aliphatic carbocycles. The van der Waals surface area contributed by atoms with E-state index in [0.29, 0.717) is 5.92 Å². The molecule has 0 spiro atoms. The number of allylic oxidation sites excluding steroid dienone is 2. The highest BCUT2D eigenvalue weighted by atomic mass is 16.1. The predicted octanol–water partition coefficient (Wildman–Crippen LogP) is 1.75. The van der Waals surface area contributed by atoms with E-state index in [-0.39, 0.29) is 5.92 Å². The summed E-state index contributed by atoms with van der Waals surface area (Å²) in [7, 11) is 0. The third kappa shape index (κ3) is 2.61. The molecule has 1 aliphatic rings. The molecule has 2 heteroatoms. The van der Waals surface area contributed by atoms with Crippen LogP contribution in [0, 0.1) is 11.8 Å². The van der Waals surface area contributed by atoms with Crippen molar-refractivity contribution in [1.82, 2.24) is 0 Å². The molecule has 1 rings (SSSR count). The van der Waals surface area contributed by atoms with Crippen LogP contribution in [0.3, 0.4) is 0 Å². The molecule has 0 aromatic rings. The van der Waals surface area contributed by atoms with E-state index in [1.165, 1.54) is 0 Å². The minimum atomic E-state index is 0.269. The Morgan fingerprint density at radius 1 is 0.917 bits per heavy atom. The van der Waals surface area contributed by atoms with Gasteiger partial charge in [0.2, 0.25) is 0 Å². The highest BCUT2D eigenvalue weighted by Gasteiger charge is 2.18. The highest BCUT2D eigenvalue weighted by Crippen LogP contribution is 2.27. The van der Waals surface area contributed by atoms with Crippen LogP contribution in [0.25, 0.3) is 0 Å². The summed E-state index contributed by atoms with van der Waals surface area (Å²) in [5.41, 5.74) is 0. The Bertz CT molecular complexity index is 176. The lowest BCUT2D eigenvalue weighted by Crippen LogP contribution is -2.13. The van der Waals surface area contributed by atoms with Gasteiger partial charge in [0.15, 0.2) is 0 Å². The summed E-state index contributed by atoms with van der Waals surface area (Å²) in [6.07, 6.45) is 9.45. The molecule has 66 valence electrons. The second-order valence-corrected chi connectivity index (χ2v) is 3.33. The van der Waals surface area contributed by atoms with Gasteiger partial charge < -0.3 is 4.79 Å². The van der Waals surface area contributed by atoms with Gasteiger partial charge in [-0.2, -0.15) is 0 Å². The number of hydrogen-bond acceptors (Lipinski definition) is 2. The third-order valence-electron chi connectivity index (χ3n) is 2.47. The maximum atomic E-state index is 10.4. The first-order chi connectivity index (χ1) is 5.86. The van der Waals surface area contributed by atoms with Crippen molar-refractivity contribution in [3.63, 3.8) is 0 Å². The average molecular weight is 166 g/mol. The summed E-state index contributed by atoms with van der Waals surface area (Å²) in [4.78, 5) is 20.4. The van der Waals surface area contributed by atoms with Crippen LogP contribution >= 0.6 is 0 Å². The third-order valence-corrected chi connectivity index (χ3v) is 2.47. The Morgan fingerprint density at radius 3 is 2.00 bits per heavy atom. The van der Waals surface area contributed by atoms with Crippen LogP contribution in [-0.4, -0.2) is 12.6 Å². The first-order valence-corrected chi connectivity index (χ1v) is 4.44. The lowest BCUT2D eigenvalue weighted by atomic mass is 9.83. The molecule has 0 amide bonds. The zero-order chi connectivity index (χ0) is 8.81. The van der Waals surface area contributed by atoms with Gasteiger partial charge in [0, 0.05) is 5.92 Å². The minimum absolute atomic E-state index is 0.269. The standard InChI is InChI=1S/C10H14O2/c11-7-1-2-9-3-5-10(8-12)6-4-9/h1-2,7-10H,3-6H2/b2-1+. The molecule has 0 bridgehead atoms. The van der Waals surface area contributed by atoms with E-state index < -0.39 is 0 Å². The van der Waals surface area contributed by atoms with E-state index in [2.05, 4.69) is 0 Å². The van der Waals surface area contributed by atoms with E-state index in [1.54, 1.807) is 6.08 Å². The second-order valence-electron chi connectivity index (χ2n) is 3.33. The molecule has 12 heavy (non-hydrogen) atoms. The predicted molar refractivity (Wildman–Crippen MR) is 46.7 cm³/mol. The van der Waals surface area contributed by atoms with Crippen molar-refractivity contribution in [2.24, 2.45) is 11.8 Å². The first-order valence-electron chi connectivity index (χ1n) is 4.44. The van der Waals surface area contributed by atoms with Crippen molar-refractivity contribution >= 4 is 12.6 Å². The van der Waals surface area contributed by atoms with E-state index >= 15 is 0 Å². The first kappa shape index (κ1) is 9.17. The SMILES string of the molecule is O=C/C=C/C1CCC(C=O)CC1. The number of carbonyl (C=O) groups excluding carboxylic acids is 2. The Morgan fingerprint density at radius 2 is 1.50 bits per heavy atom. The lowest BCUT2D eigenvalue weighted by Gasteiger charge is -2.22. The van der Waals surface area contributed by atoms with Crippen LogP contribution in [0.5, 0.6) is 0 Å². The van der Waals surface area contributed by atoms with Crippen LogP contribution in [0.1, 0.15) is 25.7 Å². The van der Waals surface area contributed by atoms with Crippen LogP contribution in [0.2, 0.25) is 0 Å². The fourth-order valence-corrected chi connectivity index (χ4v) is 1.68. The zero-order valence-corrected chi connectivity index (χ0v) is 7.11. The molecule has 1 fully saturated rings. The maximum Gasteiger partial charge on any atom is 0.142 e. The Hall–Kier alpha value is -0.920. The van der Waals surface area contributed by atoms with Gasteiger partial charge in [-0.15, -0.1) is 0 Å². The molecule has 1 saturated carbocycles. The van der Waals surface area contributed by atoms with Gasteiger partial charge >= 0.3 is 0 Å². The van der Waals surface area contributed by atoms with Crippen molar-refractivity contribution in [2.45, 2.75) is 25.7 Å². The Kier molecular flexibility index (Phi) is 3.71. The van der Waals surface area contributed by atoms with Gasteiger partial charge in [0.25, 0.3) is 0 Å². The summed E-state index contributed by atoms with van der Waals surface area (Å²) < 4.78 is 0. The Labute approximate surface area is 72.7 Å². The van der Waals surface area contributed by atoms with E-state index in [4.69, 9.17) is 0 Å². The van der Waals surface area contributed by atoms with Crippen LogP contribution in [0.15, 0.2) is 12.2 Å². The normalized spacial score (nSPS) is 30.3. The van der Waals surface area contributed by atoms with Crippen molar-refractivity contribution in [3.05, 3.63) is 12.2 Å². The molecule has 0 unspecified atom stereocenters. The van der Waals surface area contributed by atoms with Gasteiger partial charge in [-0.25, -0.2) is 0 Å². The summed E-state index contributed by atoms with van der Waals surface area (Å²) in [6, 6.07) is 0. The van der Waals surface area contributed by atoms with Crippen LogP contribution < -0.4 is 0 Å². The molecular formula is C10H14O2. The van der Waals surface area contributed by atoms with Crippen molar-refractivity contribution in [2.75, 3.05) is 0 Å². The lowest BCUT2D eigenvalue weighted by molar-refractivity contribution is -0.112. The molecule has 0 N–H and O–H groups in total. The molecule has 0 heterocycles. The quantitative estimate of drug-likeness (QED) is 0.473. The molecule has 0 radical (unpaired) electrons. The van der Waals surface area contributed by atoms with Gasteiger partial charge in [-0.3, -0.25) is 4.79 Å². The van der Waals surface area contributed by atoms with Crippen molar-refractivity contribution in [3.8, 4) is 0 Å². The summed E-state index contributed by atoms with van der Waals surface area (Å²) in [5, 5.41) is 0. The fraction of sp³-hybridized carbons (Fsp3) is 0.600. The van der Waals surface area contributed by atoms with Gasteiger partial charge in [0.05, 0.1) is 0 Å². The van der Waals surface area contributed by atoms with E-state index in [1.807, 2.05) is 6.08 Å². The highest BCUT2D eigenvalue weighted by molar-refractivity contribution is 5.64. The Balaban J connectivity index is 2.30. The summed E-state index contributed by atoms with van der Waals surface area (Å²) >= 11 is 0. The van der Waals surface area contributed by atoms with Crippen LogP contribution in [-0.2, 0) is 9.59 Å². The molecule has 2 nitrogen and oxygen atoms in total. The number of aldehydes is 2. The zero-order valence-electron chi connectivity index (χ0n) is 7.11. The summed E-state index contributed by atoms with van der Waals surface area (Å²) in [5.74, 6) is 0.789. The number of rotatable bonds is 3. The average Bonchev–Trinajstić information content (AvgIpc) is 2.15. The van der Waals surface area contributed by atoms with Crippen molar-refractivity contribution < 1.29 is 9.59 Å². The van der Waals surface area contributed by atoms with Gasteiger partial charge in [0.1, 0.15) is 12.6 Å². The van der Waals surface area contributed by atoms with E-state index in [9.17, 15) is 9.59 Å². The minimum Gasteiger partial charge on any atom is -0.303 e. The smallest absolute Gasteiger partial charge is 0.142 e. The second kappa shape index (κ2) is 4.86. The van der Waals surface area contributed by atoms with E-state index in [0.717, 1.165) is 38.3 Å². The molecule has 0 atom stereocenters. The topological polar surface area (TPSA) is 34.1 Å². The fourth-order valence-electron chi connectivity index (χ4n) is 1.68. The molecule has 0 aromatic carbocycles. The molecule has 0 aromatic heterocycles. The number of carbonyl (C=O) groups is 2. The monoisotopic (exact) mass is 166 g/mol. The van der Waals surface area contributed by atoms with Crippen LogP contribution in [0.4, 0.5) is 0 Å². The van der Waals surface area contributed by atoms with Crippen molar-refractivity contribution in [1.29, 1.82) is 0 Å². The molecule has 0 saturated heterocycles. The molecular weight excluding hydrogens is 152 g/mol. The number of hydrogen-bond donors (Lipinski definition) is 0. The summed E-state index contributed by atoms with van der Waals surface area (Å²) in [6.45, 7) is 0. The molecule has 0 aliphatic heterocycles. The van der Waals surface area contributed by atoms with Gasteiger partial charge in [-0.1, -0.05) is 6.08 Å². The maximum absolute atomic E-state index is 10.4.